The van der Waals surface area contributed by atoms with Crippen LogP contribution in [-0.4, -0.2) is 54.5 Å². The van der Waals surface area contributed by atoms with Gasteiger partial charge in [0.1, 0.15) is 22.7 Å². The maximum Gasteiger partial charge on any atom is 0.573 e. The smallest absolute Gasteiger partial charge is 0.406 e. The molecule has 1 unspecified atom stereocenters. The lowest BCUT2D eigenvalue weighted by Crippen LogP contribution is -2.23. The van der Waals surface area contributed by atoms with Gasteiger partial charge in [-0.15, -0.1) is 28.5 Å². The lowest BCUT2D eigenvalue weighted by molar-refractivity contribution is -0.274. The van der Waals surface area contributed by atoms with Gasteiger partial charge in [0, 0.05) is 17.7 Å². The minimum absolute atomic E-state index is 0.0267. The highest BCUT2D eigenvalue weighted by Crippen LogP contribution is 2.25. The number of rotatable bonds is 12. The molecule has 4 aromatic rings. The van der Waals surface area contributed by atoms with Crippen LogP contribution in [0.15, 0.2) is 42.6 Å². The second-order valence-corrected chi connectivity index (χ2v) is 10.0. The highest BCUT2D eigenvalue weighted by molar-refractivity contribution is 7.15. The molecule has 4 rings (SSSR count). The van der Waals surface area contributed by atoms with Gasteiger partial charge in [-0.3, -0.25) is 14.6 Å². The molecule has 0 bridgehead atoms. The molecule has 3 aromatic heterocycles. The predicted octanol–water partition coefficient (Wildman–Crippen LogP) is 3.95. The summed E-state index contributed by atoms with van der Waals surface area (Å²) in [6, 6.07) is 7.77. The summed E-state index contributed by atoms with van der Waals surface area (Å²) in [6.07, 6.45) is -5.38. The number of aryl methyl sites for hydroxylation is 2. The van der Waals surface area contributed by atoms with Crippen LogP contribution in [0.4, 0.5) is 27.1 Å². The van der Waals surface area contributed by atoms with Crippen molar-refractivity contribution in [1.82, 2.24) is 35.5 Å². The van der Waals surface area contributed by atoms with E-state index in [0.29, 0.717) is 10.7 Å². The fourth-order valence-corrected chi connectivity index (χ4v) is 4.42. The molecular weight excluding hydrogens is 587 g/mol. The number of carbonyl (C=O) groups is 2. The standard InChI is InChI=1S/C25H23F5N8O3S/c1-14-3-2-4-17(32-14)11-31-23(40)20-13-38(37-34-20)12-16(26)5-8-22-35-36-24(42-22)33-21(39)10-15-9-18(6-7-19(15)27)41-25(28,29)30/h2-4,6-7,9,13,16H,5,8,10-12H2,1H3,(H,31,40)(H,33,36,39). The van der Waals surface area contributed by atoms with Crippen molar-refractivity contribution < 1.29 is 36.3 Å². The van der Waals surface area contributed by atoms with Crippen LogP contribution in [0.25, 0.3) is 0 Å². The van der Waals surface area contributed by atoms with Crippen molar-refractivity contribution in [2.75, 3.05) is 5.32 Å². The average molecular weight is 611 g/mol. The normalized spacial score (nSPS) is 12.1. The third-order valence-corrected chi connectivity index (χ3v) is 6.42. The second kappa shape index (κ2) is 13.4. The van der Waals surface area contributed by atoms with Gasteiger partial charge in [0.05, 0.1) is 31.4 Å². The Kier molecular flexibility index (Phi) is 9.72. The van der Waals surface area contributed by atoms with Crippen LogP contribution in [0.5, 0.6) is 5.75 Å². The Morgan fingerprint density at radius 3 is 2.71 bits per heavy atom. The fourth-order valence-electron chi connectivity index (χ4n) is 3.65. The molecule has 17 heteroatoms. The van der Waals surface area contributed by atoms with Crippen LogP contribution < -0.4 is 15.4 Å². The highest BCUT2D eigenvalue weighted by Gasteiger charge is 2.31. The van der Waals surface area contributed by atoms with Gasteiger partial charge in [-0.25, -0.2) is 13.5 Å². The van der Waals surface area contributed by atoms with E-state index in [-0.39, 0.29) is 42.3 Å². The molecule has 2 N–H and O–H groups in total. The van der Waals surface area contributed by atoms with Crippen molar-refractivity contribution in [3.8, 4) is 5.75 Å². The van der Waals surface area contributed by atoms with E-state index in [1.807, 2.05) is 19.1 Å². The lowest BCUT2D eigenvalue weighted by atomic mass is 10.1. The molecule has 42 heavy (non-hydrogen) atoms. The van der Waals surface area contributed by atoms with E-state index in [4.69, 9.17) is 0 Å². The average Bonchev–Trinajstić information content (AvgIpc) is 3.57. The Morgan fingerprint density at radius 2 is 1.95 bits per heavy atom. The van der Waals surface area contributed by atoms with Gasteiger partial charge in [-0.05, 0) is 43.7 Å². The van der Waals surface area contributed by atoms with Crippen LogP contribution in [0.1, 0.15) is 38.9 Å². The van der Waals surface area contributed by atoms with Crippen LogP contribution in [0.3, 0.4) is 0 Å². The number of alkyl halides is 4. The number of benzene rings is 1. The summed E-state index contributed by atoms with van der Waals surface area (Å²) in [5.41, 5.74) is 1.21. The minimum Gasteiger partial charge on any atom is -0.406 e. The number of hydrogen-bond acceptors (Lipinski definition) is 9. The topological polar surface area (TPSA) is 137 Å². The largest absolute Gasteiger partial charge is 0.573 e. The van der Waals surface area contributed by atoms with E-state index in [1.165, 1.54) is 10.9 Å². The molecule has 0 saturated heterocycles. The molecule has 1 aromatic carbocycles. The fraction of sp³-hybridized carbons (Fsp3) is 0.320. The summed E-state index contributed by atoms with van der Waals surface area (Å²) in [7, 11) is 0. The summed E-state index contributed by atoms with van der Waals surface area (Å²) in [4.78, 5) is 28.9. The molecule has 1 atom stereocenters. The Hall–Kier alpha value is -4.54. The molecule has 0 aliphatic heterocycles. The van der Waals surface area contributed by atoms with Gasteiger partial charge >= 0.3 is 6.36 Å². The zero-order valence-corrected chi connectivity index (χ0v) is 22.7. The molecule has 3 heterocycles. The number of pyridine rings is 1. The van der Waals surface area contributed by atoms with Gasteiger partial charge in [0.15, 0.2) is 5.69 Å². The first kappa shape index (κ1) is 30.4. The quantitative estimate of drug-likeness (QED) is 0.230. The molecule has 0 radical (unpaired) electrons. The summed E-state index contributed by atoms with van der Waals surface area (Å²) in [5, 5.41) is 20.8. The maximum atomic E-state index is 14.6. The monoisotopic (exact) mass is 610 g/mol. The van der Waals surface area contributed by atoms with Crippen molar-refractivity contribution in [2.24, 2.45) is 0 Å². The summed E-state index contributed by atoms with van der Waals surface area (Å²) in [5.74, 6) is -2.77. The zero-order valence-electron chi connectivity index (χ0n) is 21.9. The highest BCUT2D eigenvalue weighted by atomic mass is 32.1. The van der Waals surface area contributed by atoms with Crippen molar-refractivity contribution in [3.63, 3.8) is 0 Å². The third-order valence-electron chi connectivity index (χ3n) is 5.52. The summed E-state index contributed by atoms with van der Waals surface area (Å²) in [6.45, 7) is 1.87. The van der Waals surface area contributed by atoms with Gasteiger partial charge < -0.3 is 15.4 Å². The molecule has 0 aliphatic carbocycles. The molecule has 0 spiro atoms. The molecule has 0 aliphatic rings. The van der Waals surface area contributed by atoms with Gasteiger partial charge in [-0.1, -0.05) is 22.6 Å². The second-order valence-electron chi connectivity index (χ2n) is 8.94. The first-order valence-corrected chi connectivity index (χ1v) is 13.2. The van der Waals surface area contributed by atoms with Crippen LogP contribution in [-0.2, 0) is 30.7 Å². The van der Waals surface area contributed by atoms with Gasteiger partial charge in [-0.2, -0.15) is 0 Å². The number of nitrogens with one attached hydrogen (secondary N) is 2. The number of nitrogens with zero attached hydrogens (tertiary/aromatic N) is 6. The number of hydrogen-bond donors (Lipinski definition) is 2. The van der Waals surface area contributed by atoms with E-state index in [1.54, 1.807) is 6.07 Å². The lowest BCUT2D eigenvalue weighted by Gasteiger charge is -2.10. The number of carbonyl (C=O) groups excluding carboxylic acids is 2. The number of anilines is 1. The van der Waals surface area contributed by atoms with Crippen molar-refractivity contribution in [2.45, 2.75) is 51.8 Å². The molecule has 2 amide bonds. The van der Waals surface area contributed by atoms with Crippen LogP contribution >= 0.6 is 11.3 Å². The van der Waals surface area contributed by atoms with Crippen LogP contribution in [0.2, 0.25) is 0 Å². The number of ether oxygens (including phenoxy) is 1. The Bertz CT molecular complexity index is 1540. The van der Waals surface area contributed by atoms with Crippen LogP contribution in [0, 0.1) is 12.7 Å². The van der Waals surface area contributed by atoms with Crippen molar-refractivity contribution in [1.29, 1.82) is 0 Å². The minimum atomic E-state index is -4.96. The number of halogens is 5. The Labute approximate surface area is 239 Å². The Balaban J connectivity index is 1.21. The number of amides is 2. The van der Waals surface area contributed by atoms with Crippen molar-refractivity contribution >= 4 is 28.3 Å². The van der Waals surface area contributed by atoms with E-state index in [0.717, 1.165) is 35.2 Å². The van der Waals surface area contributed by atoms with Crippen molar-refractivity contribution in [3.05, 3.63) is 76.1 Å². The van der Waals surface area contributed by atoms with Gasteiger partial charge in [0.2, 0.25) is 11.0 Å². The van der Waals surface area contributed by atoms with E-state index in [9.17, 15) is 31.5 Å². The molecule has 0 fully saturated rings. The first-order chi connectivity index (χ1) is 19.9. The van der Waals surface area contributed by atoms with E-state index < -0.39 is 42.3 Å². The molecular formula is C25H23F5N8O3S. The van der Waals surface area contributed by atoms with Gasteiger partial charge in [0.25, 0.3) is 5.91 Å². The molecule has 0 saturated carbocycles. The summed E-state index contributed by atoms with van der Waals surface area (Å²) >= 11 is 0.967. The predicted molar refractivity (Wildman–Crippen MR) is 139 cm³/mol. The zero-order chi connectivity index (χ0) is 30.3. The Morgan fingerprint density at radius 1 is 1.14 bits per heavy atom. The van der Waals surface area contributed by atoms with E-state index in [2.05, 4.69) is 40.9 Å². The molecule has 222 valence electrons. The van der Waals surface area contributed by atoms with E-state index >= 15 is 0 Å². The number of aromatic nitrogens is 6. The first-order valence-electron chi connectivity index (χ1n) is 12.3. The molecule has 11 nitrogen and oxygen atoms in total. The SMILES string of the molecule is Cc1cccc(CNC(=O)c2cn(CC(F)CCc3nnc(NC(=O)Cc4cc(OC(F)(F)F)ccc4F)s3)nn2)n1. The summed E-state index contributed by atoms with van der Waals surface area (Å²) < 4.78 is 70.8. The third kappa shape index (κ3) is 9.25. The maximum absolute atomic E-state index is 14.6.